The van der Waals surface area contributed by atoms with Crippen LogP contribution in [0.3, 0.4) is 0 Å². The van der Waals surface area contributed by atoms with Gasteiger partial charge in [-0.15, -0.1) is 0 Å². The Morgan fingerprint density at radius 3 is 2.62 bits per heavy atom. The average Bonchev–Trinajstić information content (AvgIpc) is 3.07. The highest BCUT2D eigenvalue weighted by molar-refractivity contribution is 5.85. The number of carbonyl (C=O) groups excluding carboxylic acids is 1. The van der Waals surface area contributed by atoms with Gasteiger partial charge in [-0.25, -0.2) is 0 Å². The van der Waals surface area contributed by atoms with Crippen molar-refractivity contribution < 1.29 is 4.79 Å². The van der Waals surface area contributed by atoms with Gasteiger partial charge in [0.25, 0.3) is 0 Å². The van der Waals surface area contributed by atoms with Crippen LogP contribution in [-0.2, 0) is 4.79 Å². The third kappa shape index (κ3) is 2.40. The lowest BCUT2D eigenvalue weighted by molar-refractivity contribution is -0.127. The van der Waals surface area contributed by atoms with Gasteiger partial charge in [0, 0.05) is 12.6 Å². The molecule has 1 amide bonds. The zero-order valence-corrected chi connectivity index (χ0v) is 10.3. The van der Waals surface area contributed by atoms with Crippen molar-refractivity contribution in [3.63, 3.8) is 0 Å². The molecule has 0 saturated heterocycles. The van der Waals surface area contributed by atoms with Crippen molar-refractivity contribution in [3.8, 4) is 0 Å². The van der Waals surface area contributed by atoms with Crippen molar-refractivity contribution in [2.75, 3.05) is 6.54 Å². The van der Waals surface area contributed by atoms with Crippen LogP contribution < -0.4 is 11.1 Å². The largest absolute Gasteiger partial charge is 0.353 e. The van der Waals surface area contributed by atoms with Gasteiger partial charge in [-0.05, 0) is 31.6 Å². The van der Waals surface area contributed by atoms with Gasteiger partial charge in [-0.1, -0.05) is 26.2 Å². The van der Waals surface area contributed by atoms with Crippen LogP contribution in [0.5, 0.6) is 0 Å². The Hall–Kier alpha value is -0.570. The molecule has 0 bridgehead atoms. The van der Waals surface area contributed by atoms with Crippen molar-refractivity contribution in [1.29, 1.82) is 0 Å². The fraction of sp³-hybridized carbons (Fsp3) is 0.923. The Labute approximate surface area is 98.2 Å². The lowest BCUT2D eigenvalue weighted by Crippen LogP contribution is -2.44. The quantitative estimate of drug-likeness (QED) is 0.718. The lowest BCUT2D eigenvalue weighted by Gasteiger charge is -2.25. The summed E-state index contributed by atoms with van der Waals surface area (Å²) in [5.74, 6) is 0.841. The molecule has 2 aliphatic carbocycles. The summed E-state index contributed by atoms with van der Waals surface area (Å²) >= 11 is 0. The lowest BCUT2D eigenvalue weighted by atomic mass is 9.95. The third-order valence-electron chi connectivity index (χ3n) is 4.40. The molecule has 3 heteroatoms. The molecule has 92 valence electrons. The molecule has 2 saturated carbocycles. The molecule has 3 nitrogen and oxygen atoms in total. The van der Waals surface area contributed by atoms with Crippen molar-refractivity contribution in [2.24, 2.45) is 17.1 Å². The Kier molecular flexibility index (Phi) is 3.53. The standard InChI is InChI=1S/C13H24N2O/c1-10-5-3-2-4-6-11(10)15-12(16)13(9-14)7-8-13/h10-11H,2-9,14H2,1H3,(H,15,16). The van der Waals surface area contributed by atoms with Crippen LogP contribution >= 0.6 is 0 Å². The molecular weight excluding hydrogens is 200 g/mol. The highest BCUT2D eigenvalue weighted by Gasteiger charge is 2.49. The van der Waals surface area contributed by atoms with E-state index in [0.717, 1.165) is 19.3 Å². The summed E-state index contributed by atoms with van der Waals surface area (Å²) in [5.41, 5.74) is 5.49. The molecule has 0 aliphatic heterocycles. The van der Waals surface area contributed by atoms with Gasteiger partial charge in [-0.3, -0.25) is 4.79 Å². The second-order valence-electron chi connectivity index (χ2n) is 5.68. The number of hydrogen-bond donors (Lipinski definition) is 2. The second-order valence-corrected chi connectivity index (χ2v) is 5.68. The molecule has 2 fully saturated rings. The fourth-order valence-electron chi connectivity index (χ4n) is 2.70. The highest BCUT2D eigenvalue weighted by atomic mass is 16.2. The molecule has 16 heavy (non-hydrogen) atoms. The molecule has 0 spiro atoms. The maximum Gasteiger partial charge on any atom is 0.227 e. The first-order valence-corrected chi connectivity index (χ1v) is 6.69. The summed E-state index contributed by atoms with van der Waals surface area (Å²) in [6.45, 7) is 2.78. The average molecular weight is 224 g/mol. The fourth-order valence-corrected chi connectivity index (χ4v) is 2.70. The second kappa shape index (κ2) is 4.74. The molecule has 0 aromatic carbocycles. The normalized spacial score (nSPS) is 32.9. The minimum atomic E-state index is -0.188. The minimum absolute atomic E-state index is 0.188. The van der Waals surface area contributed by atoms with E-state index >= 15 is 0 Å². The molecule has 3 N–H and O–H groups in total. The molecule has 0 aromatic heterocycles. The maximum atomic E-state index is 12.1. The van der Waals surface area contributed by atoms with E-state index in [4.69, 9.17) is 5.73 Å². The van der Waals surface area contributed by atoms with Gasteiger partial charge < -0.3 is 11.1 Å². The third-order valence-corrected chi connectivity index (χ3v) is 4.40. The van der Waals surface area contributed by atoms with Gasteiger partial charge in [-0.2, -0.15) is 0 Å². The maximum absolute atomic E-state index is 12.1. The molecular formula is C13H24N2O. The van der Waals surface area contributed by atoms with E-state index in [1.165, 1.54) is 25.7 Å². The van der Waals surface area contributed by atoms with E-state index in [-0.39, 0.29) is 11.3 Å². The van der Waals surface area contributed by atoms with E-state index in [9.17, 15) is 4.79 Å². The summed E-state index contributed by atoms with van der Waals surface area (Å²) in [5, 5.41) is 3.24. The zero-order chi connectivity index (χ0) is 11.6. The van der Waals surface area contributed by atoms with Crippen molar-refractivity contribution in [2.45, 2.75) is 57.9 Å². The van der Waals surface area contributed by atoms with E-state index < -0.39 is 0 Å². The predicted molar refractivity (Wildman–Crippen MR) is 64.9 cm³/mol. The summed E-state index contributed by atoms with van der Waals surface area (Å²) in [4.78, 5) is 12.1. The summed E-state index contributed by atoms with van der Waals surface area (Å²) in [6, 6.07) is 0.388. The topological polar surface area (TPSA) is 55.1 Å². The number of nitrogens with two attached hydrogens (primary N) is 1. The summed E-state index contributed by atoms with van der Waals surface area (Å²) in [6.07, 6.45) is 8.25. The van der Waals surface area contributed by atoms with Crippen molar-refractivity contribution >= 4 is 5.91 Å². The van der Waals surface area contributed by atoms with Gasteiger partial charge in [0.2, 0.25) is 5.91 Å². The van der Waals surface area contributed by atoms with E-state index in [1.807, 2.05) is 0 Å². The first kappa shape index (κ1) is 11.9. The van der Waals surface area contributed by atoms with E-state index in [2.05, 4.69) is 12.2 Å². The Morgan fingerprint density at radius 1 is 1.31 bits per heavy atom. The van der Waals surface area contributed by atoms with Crippen LogP contribution in [0.1, 0.15) is 51.9 Å². The van der Waals surface area contributed by atoms with Crippen molar-refractivity contribution in [3.05, 3.63) is 0 Å². The molecule has 2 aliphatic rings. The molecule has 0 heterocycles. The van der Waals surface area contributed by atoms with Gasteiger partial charge in [0.05, 0.1) is 5.41 Å². The van der Waals surface area contributed by atoms with E-state index in [0.29, 0.717) is 18.5 Å². The zero-order valence-electron chi connectivity index (χ0n) is 10.3. The molecule has 2 unspecified atom stereocenters. The van der Waals surface area contributed by atoms with Crippen LogP contribution in [-0.4, -0.2) is 18.5 Å². The SMILES string of the molecule is CC1CCCCCC1NC(=O)C1(CN)CC1. The van der Waals surface area contributed by atoms with Crippen LogP contribution in [0.25, 0.3) is 0 Å². The molecule has 2 rings (SSSR count). The molecule has 0 aromatic rings. The Balaban J connectivity index is 1.90. The minimum Gasteiger partial charge on any atom is -0.353 e. The van der Waals surface area contributed by atoms with E-state index in [1.54, 1.807) is 0 Å². The number of rotatable bonds is 3. The monoisotopic (exact) mass is 224 g/mol. The summed E-state index contributed by atoms with van der Waals surface area (Å²) in [7, 11) is 0. The van der Waals surface area contributed by atoms with Crippen LogP contribution in [0.4, 0.5) is 0 Å². The number of hydrogen-bond acceptors (Lipinski definition) is 2. The van der Waals surface area contributed by atoms with Gasteiger partial charge in [0.15, 0.2) is 0 Å². The Bertz CT molecular complexity index is 261. The summed E-state index contributed by atoms with van der Waals surface area (Å²) < 4.78 is 0. The first-order valence-electron chi connectivity index (χ1n) is 6.69. The Morgan fingerprint density at radius 2 is 2.00 bits per heavy atom. The number of carbonyl (C=O) groups is 1. The predicted octanol–water partition coefficient (Wildman–Crippen LogP) is 1.81. The van der Waals surface area contributed by atoms with Gasteiger partial charge >= 0.3 is 0 Å². The van der Waals surface area contributed by atoms with Crippen molar-refractivity contribution in [1.82, 2.24) is 5.32 Å². The highest BCUT2D eigenvalue weighted by Crippen LogP contribution is 2.45. The van der Waals surface area contributed by atoms with Gasteiger partial charge in [0.1, 0.15) is 0 Å². The number of nitrogens with one attached hydrogen (secondary N) is 1. The van der Waals surface area contributed by atoms with Crippen LogP contribution in [0.15, 0.2) is 0 Å². The smallest absolute Gasteiger partial charge is 0.227 e. The van der Waals surface area contributed by atoms with Crippen LogP contribution in [0.2, 0.25) is 0 Å². The number of amides is 1. The molecule has 2 atom stereocenters. The van der Waals surface area contributed by atoms with Crippen LogP contribution in [0, 0.1) is 11.3 Å². The first-order chi connectivity index (χ1) is 7.68. The molecule has 0 radical (unpaired) electrons.